The van der Waals surface area contributed by atoms with Gasteiger partial charge in [0.05, 0.1) is 4.88 Å². The number of ether oxygens (including phenoxy) is 1. The van der Waals surface area contributed by atoms with Gasteiger partial charge >= 0.3 is 12.6 Å². The highest BCUT2D eigenvalue weighted by Crippen LogP contribution is 2.33. The molecule has 1 amide bonds. The van der Waals surface area contributed by atoms with E-state index in [1.54, 1.807) is 11.0 Å². The van der Waals surface area contributed by atoms with Crippen LogP contribution in [-0.4, -0.2) is 30.1 Å². The molecule has 0 saturated carbocycles. The summed E-state index contributed by atoms with van der Waals surface area (Å²) >= 11 is 0.914. The number of benzene rings is 1. The monoisotopic (exact) mass is 353 g/mol. The zero-order chi connectivity index (χ0) is 17.3. The lowest BCUT2D eigenvalue weighted by molar-refractivity contribution is -0.0498. The fourth-order valence-corrected chi connectivity index (χ4v) is 3.46. The number of carbonyl (C=O) groups excluding carboxylic acids is 1. The maximum absolute atomic E-state index is 12.7. The third-order valence-corrected chi connectivity index (χ3v) is 4.73. The van der Waals surface area contributed by atoms with Crippen molar-refractivity contribution in [2.75, 3.05) is 11.4 Å². The summed E-state index contributed by atoms with van der Waals surface area (Å²) in [6.07, 6.45) is 1.35. The van der Waals surface area contributed by atoms with Crippen LogP contribution in [0, 0.1) is 0 Å². The van der Waals surface area contributed by atoms with Gasteiger partial charge < -0.3 is 14.7 Å². The summed E-state index contributed by atoms with van der Waals surface area (Å²) < 4.78 is 29.0. The number of thiophene rings is 1. The number of carboxylic acids is 1. The van der Waals surface area contributed by atoms with E-state index in [-0.39, 0.29) is 16.5 Å². The first-order chi connectivity index (χ1) is 11.5. The van der Waals surface area contributed by atoms with Crippen molar-refractivity contribution in [3.05, 3.63) is 45.6 Å². The van der Waals surface area contributed by atoms with Crippen LogP contribution in [0.1, 0.15) is 31.3 Å². The number of hydrogen-bond donors (Lipinski definition) is 1. The predicted octanol–water partition coefficient (Wildman–Crippen LogP) is 3.64. The van der Waals surface area contributed by atoms with Crippen LogP contribution in [0.25, 0.3) is 0 Å². The number of alkyl halides is 2. The standard InChI is InChI=1S/C16H13F2NO4S/c17-16(18)23-10-3-4-11-9(8-10)2-1-7-19(11)14(20)12-5-6-13(24-12)15(21)22/h3-6,8,16H,1-2,7H2,(H,21,22). The second-order valence-corrected chi connectivity index (χ2v) is 6.28. The van der Waals surface area contributed by atoms with Crippen LogP contribution in [0.4, 0.5) is 14.5 Å². The molecule has 2 aromatic rings. The molecular formula is C16H13F2NO4S. The number of hydrogen-bond acceptors (Lipinski definition) is 4. The minimum absolute atomic E-state index is 0.0577. The molecule has 3 rings (SSSR count). The molecule has 1 aliphatic heterocycles. The third kappa shape index (κ3) is 3.23. The van der Waals surface area contributed by atoms with Gasteiger partial charge in [0.15, 0.2) is 0 Å². The largest absolute Gasteiger partial charge is 0.477 e. The lowest BCUT2D eigenvalue weighted by Gasteiger charge is -2.29. The number of carbonyl (C=O) groups is 2. The van der Waals surface area contributed by atoms with Crippen molar-refractivity contribution >= 4 is 28.9 Å². The molecule has 8 heteroatoms. The summed E-state index contributed by atoms with van der Waals surface area (Å²) in [6, 6.07) is 7.37. The first-order valence-electron chi connectivity index (χ1n) is 7.18. The van der Waals surface area contributed by atoms with Gasteiger partial charge in [0.1, 0.15) is 10.6 Å². The molecule has 0 aliphatic carbocycles. The third-order valence-electron chi connectivity index (χ3n) is 3.67. The smallest absolute Gasteiger partial charge is 0.387 e. The molecule has 0 radical (unpaired) electrons. The second-order valence-electron chi connectivity index (χ2n) is 5.20. The number of carboxylic acid groups (broad SMARTS) is 1. The lowest BCUT2D eigenvalue weighted by atomic mass is 10.0. The van der Waals surface area contributed by atoms with Crippen LogP contribution < -0.4 is 9.64 Å². The molecule has 2 heterocycles. The van der Waals surface area contributed by atoms with Gasteiger partial charge in [-0.2, -0.15) is 8.78 Å². The van der Waals surface area contributed by atoms with Crippen molar-refractivity contribution < 1.29 is 28.2 Å². The first-order valence-corrected chi connectivity index (χ1v) is 8.00. The molecule has 1 N–H and O–H groups in total. The number of halogens is 2. The van der Waals surface area contributed by atoms with Crippen molar-refractivity contribution in [3.63, 3.8) is 0 Å². The van der Waals surface area contributed by atoms with Crippen molar-refractivity contribution in [3.8, 4) is 5.75 Å². The van der Waals surface area contributed by atoms with Crippen LogP contribution in [0.5, 0.6) is 5.75 Å². The molecule has 0 bridgehead atoms. The molecule has 0 saturated heterocycles. The van der Waals surface area contributed by atoms with Gasteiger partial charge in [-0.05, 0) is 48.7 Å². The predicted molar refractivity (Wildman–Crippen MR) is 84.3 cm³/mol. The lowest BCUT2D eigenvalue weighted by Crippen LogP contribution is -2.35. The SMILES string of the molecule is O=C(O)c1ccc(C(=O)N2CCCc3cc(OC(F)F)ccc32)s1. The Morgan fingerprint density at radius 2 is 1.96 bits per heavy atom. The summed E-state index contributed by atoms with van der Waals surface area (Å²) in [5.74, 6) is -1.31. The van der Waals surface area contributed by atoms with Crippen LogP contribution in [-0.2, 0) is 6.42 Å². The molecule has 0 spiro atoms. The summed E-state index contributed by atoms with van der Waals surface area (Å²) in [4.78, 5) is 25.6. The van der Waals surface area contributed by atoms with Crippen LogP contribution in [0.15, 0.2) is 30.3 Å². The molecule has 5 nitrogen and oxygen atoms in total. The summed E-state index contributed by atoms with van der Waals surface area (Å²) in [5, 5.41) is 8.96. The van der Waals surface area contributed by atoms with Crippen molar-refractivity contribution in [1.82, 2.24) is 0 Å². The number of nitrogens with zero attached hydrogens (tertiary/aromatic N) is 1. The Hall–Kier alpha value is -2.48. The molecule has 1 aromatic carbocycles. The van der Waals surface area contributed by atoms with Gasteiger partial charge in [-0.3, -0.25) is 4.79 Å². The number of rotatable bonds is 4. The molecular weight excluding hydrogens is 340 g/mol. The highest BCUT2D eigenvalue weighted by atomic mass is 32.1. The quantitative estimate of drug-likeness (QED) is 0.911. The Kier molecular flexibility index (Phi) is 4.48. The average Bonchev–Trinajstić information content (AvgIpc) is 3.03. The van der Waals surface area contributed by atoms with Crippen LogP contribution >= 0.6 is 11.3 Å². The van der Waals surface area contributed by atoms with E-state index in [0.29, 0.717) is 30.0 Å². The molecule has 0 atom stereocenters. The molecule has 0 unspecified atom stereocenters. The molecule has 0 fully saturated rings. The first kappa shape index (κ1) is 16.4. The Morgan fingerprint density at radius 3 is 2.62 bits per heavy atom. The average molecular weight is 353 g/mol. The summed E-state index contributed by atoms with van der Waals surface area (Å²) in [5.41, 5.74) is 1.39. The maximum atomic E-state index is 12.7. The number of aryl methyl sites for hydroxylation is 1. The fraction of sp³-hybridized carbons (Fsp3) is 0.250. The number of fused-ring (bicyclic) bond motifs is 1. The van der Waals surface area contributed by atoms with Gasteiger partial charge in [-0.15, -0.1) is 11.3 Å². The molecule has 1 aliphatic rings. The Bertz CT molecular complexity index is 790. The zero-order valence-electron chi connectivity index (χ0n) is 12.4. The van der Waals surface area contributed by atoms with Gasteiger partial charge in [-0.25, -0.2) is 4.79 Å². The normalized spacial score (nSPS) is 13.7. The minimum Gasteiger partial charge on any atom is -0.477 e. The van der Waals surface area contributed by atoms with E-state index in [9.17, 15) is 18.4 Å². The Labute approximate surface area is 140 Å². The highest BCUT2D eigenvalue weighted by Gasteiger charge is 2.26. The van der Waals surface area contributed by atoms with Gasteiger partial charge in [0.25, 0.3) is 5.91 Å². The zero-order valence-corrected chi connectivity index (χ0v) is 13.2. The van der Waals surface area contributed by atoms with E-state index in [0.717, 1.165) is 16.9 Å². The van der Waals surface area contributed by atoms with Crippen LogP contribution in [0.2, 0.25) is 0 Å². The van der Waals surface area contributed by atoms with E-state index >= 15 is 0 Å². The fourth-order valence-electron chi connectivity index (χ4n) is 2.66. The Morgan fingerprint density at radius 1 is 1.21 bits per heavy atom. The van der Waals surface area contributed by atoms with Gasteiger partial charge in [0, 0.05) is 12.2 Å². The minimum atomic E-state index is -2.90. The Balaban J connectivity index is 1.88. The van der Waals surface area contributed by atoms with Crippen LogP contribution in [0.3, 0.4) is 0 Å². The highest BCUT2D eigenvalue weighted by molar-refractivity contribution is 7.16. The van der Waals surface area contributed by atoms with E-state index in [1.165, 1.54) is 24.3 Å². The number of aromatic carboxylic acids is 1. The van der Waals surface area contributed by atoms with Gasteiger partial charge in [-0.1, -0.05) is 0 Å². The summed E-state index contributed by atoms with van der Waals surface area (Å²) in [7, 11) is 0. The summed E-state index contributed by atoms with van der Waals surface area (Å²) in [6.45, 7) is -2.41. The van der Waals surface area contributed by atoms with E-state index in [1.807, 2.05) is 0 Å². The van der Waals surface area contributed by atoms with Crippen molar-refractivity contribution in [2.45, 2.75) is 19.5 Å². The second kappa shape index (κ2) is 6.56. The van der Waals surface area contributed by atoms with Crippen molar-refractivity contribution in [2.24, 2.45) is 0 Å². The number of amides is 1. The van der Waals surface area contributed by atoms with Crippen molar-refractivity contribution in [1.29, 1.82) is 0 Å². The van der Waals surface area contributed by atoms with E-state index in [2.05, 4.69) is 4.74 Å². The number of anilines is 1. The molecule has 126 valence electrons. The molecule has 24 heavy (non-hydrogen) atoms. The van der Waals surface area contributed by atoms with E-state index in [4.69, 9.17) is 5.11 Å². The topological polar surface area (TPSA) is 66.8 Å². The molecule has 1 aromatic heterocycles. The maximum Gasteiger partial charge on any atom is 0.387 e. The van der Waals surface area contributed by atoms with E-state index < -0.39 is 12.6 Å². The van der Waals surface area contributed by atoms with Gasteiger partial charge in [0.2, 0.25) is 0 Å².